The molecule has 40 heavy (non-hydrogen) atoms. The Kier molecular flexibility index (Phi) is 11.3. The summed E-state index contributed by atoms with van der Waals surface area (Å²) in [5.74, 6) is -1.36. The Labute approximate surface area is 235 Å². The standard InChI is InChI=1S/C31H40N4O5/c1-5-20(3)27(29(37)33-24(18-36)16-23-17-32-26-15-11-10-14-25(23)26)34-30(38)28(21(4)6-2)35-31(39)40-19-22-12-8-7-9-13-22/h7-15,17-18,20-21,24,27-28,32H,5-6,16,19H2,1-4H3,(H,33,37)(H,34,38)(H,35,39)/t20-,21-,24-,27-,28-/m0/s1. The summed E-state index contributed by atoms with van der Waals surface area (Å²) in [6, 6.07) is 14.4. The highest BCUT2D eigenvalue weighted by Crippen LogP contribution is 2.19. The van der Waals surface area contributed by atoms with E-state index in [0.717, 1.165) is 22.0 Å². The molecule has 0 unspecified atom stereocenters. The lowest BCUT2D eigenvalue weighted by atomic mass is 9.94. The lowest BCUT2D eigenvalue weighted by molar-refractivity contribution is -0.132. The molecule has 4 N–H and O–H groups in total. The molecular formula is C31H40N4O5. The number of H-pyrrole nitrogens is 1. The van der Waals surface area contributed by atoms with Gasteiger partial charge >= 0.3 is 6.09 Å². The highest BCUT2D eigenvalue weighted by molar-refractivity contribution is 5.92. The summed E-state index contributed by atoms with van der Waals surface area (Å²) in [5.41, 5.74) is 2.68. The molecule has 214 valence electrons. The number of hydrogen-bond acceptors (Lipinski definition) is 5. The highest BCUT2D eigenvalue weighted by atomic mass is 16.5. The van der Waals surface area contributed by atoms with Crippen molar-refractivity contribution in [2.24, 2.45) is 11.8 Å². The summed E-state index contributed by atoms with van der Waals surface area (Å²) in [7, 11) is 0. The largest absolute Gasteiger partial charge is 0.445 e. The number of alkyl carbamates (subject to hydrolysis) is 1. The van der Waals surface area contributed by atoms with E-state index in [9.17, 15) is 19.2 Å². The molecule has 0 fully saturated rings. The van der Waals surface area contributed by atoms with Crippen molar-refractivity contribution in [3.8, 4) is 0 Å². The molecule has 2 aromatic carbocycles. The third kappa shape index (κ3) is 8.18. The van der Waals surface area contributed by atoms with E-state index in [2.05, 4.69) is 20.9 Å². The van der Waals surface area contributed by atoms with Crippen molar-refractivity contribution in [1.82, 2.24) is 20.9 Å². The predicted octanol–water partition coefficient (Wildman–Crippen LogP) is 4.27. The van der Waals surface area contributed by atoms with Crippen molar-refractivity contribution >= 4 is 35.1 Å². The molecular weight excluding hydrogens is 508 g/mol. The molecule has 0 aliphatic rings. The number of amides is 3. The first-order valence-electron chi connectivity index (χ1n) is 13.9. The van der Waals surface area contributed by atoms with Gasteiger partial charge in [0.2, 0.25) is 11.8 Å². The van der Waals surface area contributed by atoms with Crippen LogP contribution in [0, 0.1) is 11.8 Å². The Balaban J connectivity index is 1.67. The van der Waals surface area contributed by atoms with Crippen LogP contribution in [0.25, 0.3) is 10.9 Å². The molecule has 9 heteroatoms. The summed E-state index contributed by atoms with van der Waals surface area (Å²) in [5, 5.41) is 9.30. The average molecular weight is 549 g/mol. The van der Waals surface area contributed by atoms with Gasteiger partial charge in [0.05, 0.1) is 6.04 Å². The Hall–Kier alpha value is -4.14. The van der Waals surface area contributed by atoms with E-state index < -0.39 is 36.0 Å². The molecule has 0 saturated heterocycles. The second kappa shape index (κ2) is 14.9. The number of hydrogen-bond donors (Lipinski definition) is 4. The Morgan fingerprint density at radius 3 is 2.10 bits per heavy atom. The normalized spacial score (nSPS) is 14.8. The summed E-state index contributed by atoms with van der Waals surface area (Å²) in [6.07, 6.45) is 3.38. The lowest BCUT2D eigenvalue weighted by Crippen LogP contribution is -2.58. The summed E-state index contributed by atoms with van der Waals surface area (Å²) < 4.78 is 5.32. The fourth-order valence-corrected chi connectivity index (χ4v) is 4.48. The van der Waals surface area contributed by atoms with E-state index >= 15 is 0 Å². The van der Waals surface area contributed by atoms with Crippen LogP contribution in [0.5, 0.6) is 0 Å². The predicted molar refractivity (Wildman–Crippen MR) is 154 cm³/mol. The third-order valence-corrected chi connectivity index (χ3v) is 7.38. The Morgan fingerprint density at radius 1 is 0.850 bits per heavy atom. The fraction of sp³-hybridized carbons (Fsp3) is 0.419. The van der Waals surface area contributed by atoms with Crippen LogP contribution in [0.15, 0.2) is 60.8 Å². The number of benzene rings is 2. The number of para-hydroxylation sites is 1. The summed E-state index contributed by atoms with van der Waals surface area (Å²) in [4.78, 5) is 54.5. The molecule has 0 radical (unpaired) electrons. The maximum Gasteiger partial charge on any atom is 0.408 e. The quantitative estimate of drug-likeness (QED) is 0.224. The van der Waals surface area contributed by atoms with Crippen LogP contribution >= 0.6 is 0 Å². The van der Waals surface area contributed by atoms with E-state index in [0.29, 0.717) is 25.5 Å². The smallest absolute Gasteiger partial charge is 0.408 e. The van der Waals surface area contributed by atoms with Crippen molar-refractivity contribution in [1.29, 1.82) is 0 Å². The maximum atomic E-state index is 13.4. The van der Waals surface area contributed by atoms with E-state index in [-0.39, 0.29) is 18.4 Å². The van der Waals surface area contributed by atoms with Gasteiger partial charge in [0.1, 0.15) is 25.0 Å². The van der Waals surface area contributed by atoms with Gasteiger partial charge < -0.3 is 30.5 Å². The molecule has 0 saturated carbocycles. The van der Waals surface area contributed by atoms with E-state index in [1.807, 2.05) is 88.5 Å². The first-order chi connectivity index (χ1) is 19.3. The second-order valence-corrected chi connectivity index (χ2v) is 10.3. The van der Waals surface area contributed by atoms with Gasteiger partial charge in [0.25, 0.3) is 0 Å². The maximum absolute atomic E-state index is 13.4. The van der Waals surface area contributed by atoms with Crippen molar-refractivity contribution < 1.29 is 23.9 Å². The van der Waals surface area contributed by atoms with Gasteiger partial charge in [-0.1, -0.05) is 89.1 Å². The number of rotatable bonds is 14. The molecule has 0 aliphatic carbocycles. The first-order valence-corrected chi connectivity index (χ1v) is 13.9. The molecule has 3 amide bonds. The van der Waals surface area contributed by atoms with Gasteiger partial charge in [-0.2, -0.15) is 0 Å². The van der Waals surface area contributed by atoms with E-state index in [4.69, 9.17) is 4.74 Å². The second-order valence-electron chi connectivity index (χ2n) is 10.3. The molecule has 0 spiro atoms. The van der Waals surface area contributed by atoms with Gasteiger partial charge in [-0.3, -0.25) is 9.59 Å². The highest BCUT2D eigenvalue weighted by Gasteiger charge is 2.33. The summed E-state index contributed by atoms with van der Waals surface area (Å²) >= 11 is 0. The van der Waals surface area contributed by atoms with Crippen molar-refractivity contribution in [3.63, 3.8) is 0 Å². The average Bonchev–Trinajstić information content (AvgIpc) is 3.39. The zero-order valence-electron chi connectivity index (χ0n) is 23.6. The minimum absolute atomic E-state index is 0.0724. The van der Waals surface area contributed by atoms with E-state index in [1.165, 1.54) is 0 Å². The van der Waals surface area contributed by atoms with Gasteiger partial charge in [0.15, 0.2) is 0 Å². The van der Waals surface area contributed by atoms with Crippen molar-refractivity contribution in [3.05, 3.63) is 71.9 Å². The minimum Gasteiger partial charge on any atom is -0.445 e. The number of ether oxygens (including phenoxy) is 1. The molecule has 1 heterocycles. The van der Waals surface area contributed by atoms with Crippen LogP contribution in [0.4, 0.5) is 4.79 Å². The molecule has 1 aromatic heterocycles. The van der Waals surface area contributed by atoms with Gasteiger partial charge in [-0.05, 0) is 29.0 Å². The van der Waals surface area contributed by atoms with Crippen molar-refractivity contribution in [2.45, 2.75) is 71.7 Å². The molecule has 3 rings (SSSR count). The number of aromatic nitrogens is 1. The van der Waals surface area contributed by atoms with Gasteiger partial charge in [0, 0.05) is 23.5 Å². The first kappa shape index (κ1) is 30.4. The van der Waals surface area contributed by atoms with Crippen LogP contribution in [0.1, 0.15) is 51.7 Å². The van der Waals surface area contributed by atoms with Crippen molar-refractivity contribution in [2.75, 3.05) is 0 Å². The van der Waals surface area contributed by atoms with Crippen LogP contribution in [-0.2, 0) is 32.1 Å². The number of aromatic amines is 1. The molecule has 0 bridgehead atoms. The van der Waals surface area contributed by atoms with Crippen LogP contribution in [0.2, 0.25) is 0 Å². The van der Waals surface area contributed by atoms with Crippen LogP contribution in [-0.4, -0.2) is 47.3 Å². The number of fused-ring (bicyclic) bond motifs is 1. The Bertz CT molecular complexity index is 1270. The summed E-state index contributed by atoms with van der Waals surface area (Å²) in [6.45, 7) is 7.62. The SMILES string of the molecule is CC[C@H](C)[C@H](NC(=O)OCc1ccccc1)C(=O)N[C@H](C(=O)N[C@H](C=O)Cc1c[nH]c2ccccc12)[C@@H](C)CC. The minimum atomic E-state index is -0.902. The van der Waals surface area contributed by atoms with Gasteiger partial charge in [-0.25, -0.2) is 4.79 Å². The number of aldehydes is 1. The molecule has 0 aliphatic heterocycles. The number of carbonyl (C=O) groups excluding carboxylic acids is 4. The van der Waals surface area contributed by atoms with Gasteiger partial charge in [-0.15, -0.1) is 0 Å². The molecule has 3 aromatic rings. The number of carbonyl (C=O) groups is 4. The molecule has 9 nitrogen and oxygen atoms in total. The fourth-order valence-electron chi connectivity index (χ4n) is 4.48. The van der Waals surface area contributed by atoms with Crippen LogP contribution in [0.3, 0.4) is 0 Å². The zero-order valence-corrected chi connectivity index (χ0v) is 23.6. The van der Waals surface area contributed by atoms with E-state index in [1.54, 1.807) is 0 Å². The Morgan fingerprint density at radius 2 is 1.45 bits per heavy atom. The number of nitrogens with one attached hydrogen (secondary N) is 4. The van der Waals surface area contributed by atoms with Crippen LogP contribution < -0.4 is 16.0 Å². The topological polar surface area (TPSA) is 129 Å². The lowest BCUT2D eigenvalue weighted by Gasteiger charge is -2.29. The monoisotopic (exact) mass is 548 g/mol. The third-order valence-electron chi connectivity index (χ3n) is 7.38. The molecule has 5 atom stereocenters. The zero-order chi connectivity index (χ0) is 29.1.